The molecule has 1 aromatic heterocycles. The third-order valence-corrected chi connectivity index (χ3v) is 3.90. The maximum Gasteiger partial charge on any atom is 0.382 e. The van der Waals surface area contributed by atoms with Gasteiger partial charge in [-0.15, -0.1) is 0 Å². The van der Waals surface area contributed by atoms with Crippen molar-refractivity contribution >= 4 is 11.0 Å². The Morgan fingerprint density at radius 2 is 1.80 bits per heavy atom. The monoisotopic (exact) mass is 356 g/mol. The lowest BCUT2D eigenvalue weighted by Gasteiger charge is -2.39. The van der Waals surface area contributed by atoms with Crippen LogP contribution in [0.1, 0.15) is 0 Å². The molecule has 0 spiro atoms. The predicted molar refractivity (Wildman–Crippen MR) is 80.2 cm³/mol. The fraction of sp³-hybridized carbons (Fsp3) is 0.400. The van der Waals surface area contributed by atoms with Crippen molar-refractivity contribution < 1.29 is 44.5 Å². The number of ether oxygens (including phenoxy) is 2. The van der Waals surface area contributed by atoms with Crippen LogP contribution in [0.4, 0.5) is 0 Å². The van der Waals surface area contributed by atoms with Crippen molar-refractivity contribution in [3.63, 3.8) is 0 Å². The molecule has 1 fully saturated rings. The first kappa shape index (κ1) is 17.5. The van der Waals surface area contributed by atoms with Crippen LogP contribution in [0.15, 0.2) is 27.4 Å². The van der Waals surface area contributed by atoms with Crippen molar-refractivity contribution in [2.45, 2.75) is 30.7 Å². The van der Waals surface area contributed by atoms with Crippen LogP contribution >= 0.6 is 0 Å². The molecule has 0 bridgehead atoms. The zero-order chi connectivity index (χ0) is 18.3. The summed E-state index contributed by atoms with van der Waals surface area (Å²) in [5.41, 5.74) is -1.25. The molecular weight excluding hydrogens is 340 g/mol. The van der Waals surface area contributed by atoms with E-state index in [1.807, 2.05) is 0 Å². The third-order valence-electron chi connectivity index (χ3n) is 3.90. The van der Waals surface area contributed by atoms with Crippen molar-refractivity contribution in [2.75, 3.05) is 6.61 Å². The van der Waals surface area contributed by atoms with Crippen molar-refractivity contribution in [1.29, 1.82) is 0 Å². The zero-order valence-corrected chi connectivity index (χ0v) is 12.6. The van der Waals surface area contributed by atoms with Gasteiger partial charge in [-0.05, 0) is 12.1 Å². The molecule has 2 heterocycles. The summed E-state index contributed by atoms with van der Waals surface area (Å²) in [4.78, 5) is 11.7. The molecule has 0 radical (unpaired) electrons. The summed E-state index contributed by atoms with van der Waals surface area (Å²) >= 11 is 0. The summed E-state index contributed by atoms with van der Waals surface area (Å²) in [6, 6.07) is 3.67. The van der Waals surface area contributed by atoms with Gasteiger partial charge in [0.2, 0.25) is 12.0 Å². The minimum atomic E-state index is -1.73. The molecule has 1 aromatic carbocycles. The number of hydrogen-bond acceptors (Lipinski definition) is 10. The molecule has 1 aliphatic rings. The molecular formula is C15H16O10. The molecule has 25 heavy (non-hydrogen) atoms. The molecule has 1 saturated heterocycles. The molecule has 5 atom stereocenters. The Morgan fingerprint density at radius 1 is 1.08 bits per heavy atom. The van der Waals surface area contributed by atoms with Gasteiger partial charge in [-0.1, -0.05) is 0 Å². The van der Waals surface area contributed by atoms with Crippen LogP contribution in [0, 0.1) is 0 Å². The Bertz CT molecular complexity index is 829. The highest BCUT2D eigenvalue weighted by molar-refractivity contribution is 5.86. The van der Waals surface area contributed by atoms with Crippen LogP contribution in [0.2, 0.25) is 0 Å². The summed E-state index contributed by atoms with van der Waals surface area (Å²) in [6.07, 6.45) is -7.81. The molecule has 0 aliphatic carbocycles. The molecule has 0 saturated carbocycles. The minimum Gasteiger partial charge on any atom is -0.508 e. The van der Waals surface area contributed by atoms with Crippen LogP contribution in [-0.4, -0.2) is 68.0 Å². The van der Waals surface area contributed by atoms with Gasteiger partial charge in [0, 0.05) is 6.07 Å². The summed E-state index contributed by atoms with van der Waals surface area (Å²) in [7, 11) is 0. The summed E-state index contributed by atoms with van der Waals surface area (Å²) in [6.45, 7) is -0.664. The number of rotatable bonds is 3. The number of benzene rings is 1. The first-order chi connectivity index (χ1) is 11.8. The maximum absolute atomic E-state index is 11.7. The van der Waals surface area contributed by atoms with E-state index in [2.05, 4.69) is 0 Å². The number of fused-ring (bicyclic) bond motifs is 1. The van der Waals surface area contributed by atoms with Crippen LogP contribution in [0.3, 0.4) is 0 Å². The Morgan fingerprint density at radius 3 is 2.48 bits per heavy atom. The molecule has 10 nitrogen and oxygen atoms in total. The van der Waals surface area contributed by atoms with E-state index in [1.165, 1.54) is 12.1 Å². The smallest absolute Gasteiger partial charge is 0.382 e. The fourth-order valence-electron chi connectivity index (χ4n) is 2.55. The first-order valence-corrected chi connectivity index (χ1v) is 7.29. The second-order valence-corrected chi connectivity index (χ2v) is 5.56. The molecule has 1 aliphatic heterocycles. The quantitative estimate of drug-likeness (QED) is 0.351. The summed E-state index contributed by atoms with van der Waals surface area (Å²) in [5.74, 6) is -1.51. The molecule has 0 unspecified atom stereocenters. The van der Waals surface area contributed by atoms with E-state index >= 15 is 0 Å². The highest BCUT2D eigenvalue weighted by Gasteiger charge is 2.45. The Labute approximate surface area is 139 Å². The van der Waals surface area contributed by atoms with E-state index in [1.54, 1.807) is 0 Å². The van der Waals surface area contributed by atoms with E-state index in [4.69, 9.17) is 13.9 Å². The van der Waals surface area contributed by atoms with Gasteiger partial charge in [0.1, 0.15) is 35.7 Å². The van der Waals surface area contributed by atoms with Crippen LogP contribution < -0.4 is 10.4 Å². The molecule has 136 valence electrons. The van der Waals surface area contributed by atoms with Crippen molar-refractivity contribution in [3.05, 3.63) is 28.6 Å². The van der Waals surface area contributed by atoms with Crippen molar-refractivity contribution in [3.8, 4) is 17.2 Å². The highest BCUT2D eigenvalue weighted by Crippen LogP contribution is 2.35. The third kappa shape index (κ3) is 3.01. The van der Waals surface area contributed by atoms with E-state index < -0.39 is 54.4 Å². The summed E-state index contributed by atoms with van der Waals surface area (Å²) < 4.78 is 15.3. The van der Waals surface area contributed by atoms with Gasteiger partial charge in [-0.2, -0.15) is 0 Å². The molecule has 6 N–H and O–H groups in total. The average Bonchev–Trinajstić information content (AvgIpc) is 2.58. The lowest BCUT2D eigenvalue weighted by atomic mass is 9.99. The van der Waals surface area contributed by atoms with Gasteiger partial charge in [0.25, 0.3) is 0 Å². The van der Waals surface area contributed by atoms with E-state index in [0.29, 0.717) is 0 Å². The van der Waals surface area contributed by atoms with E-state index in [9.17, 15) is 35.4 Å². The molecule has 10 heteroatoms. The van der Waals surface area contributed by atoms with Gasteiger partial charge >= 0.3 is 5.63 Å². The topological polar surface area (TPSA) is 170 Å². The van der Waals surface area contributed by atoms with Gasteiger partial charge in [-0.25, -0.2) is 4.79 Å². The average molecular weight is 356 g/mol. The SMILES string of the molecule is O=c1oc2cc(O)ccc2c(O[C@H]2O[C@H](CO)[C@@H](O)[C@H](O)[C@@H]2O)c1O. The van der Waals surface area contributed by atoms with Gasteiger partial charge < -0.3 is 44.5 Å². The summed E-state index contributed by atoms with van der Waals surface area (Å²) in [5, 5.41) is 58.2. The Hall–Kier alpha value is -2.37. The molecule has 0 amide bonds. The van der Waals surface area contributed by atoms with Crippen LogP contribution in [0.5, 0.6) is 17.2 Å². The normalized spacial score (nSPS) is 29.7. The number of phenolic OH excluding ortho intramolecular Hbond substituents is 1. The largest absolute Gasteiger partial charge is 0.508 e. The Kier molecular flexibility index (Phi) is 4.54. The number of phenols is 1. The molecule has 3 rings (SSSR count). The lowest BCUT2D eigenvalue weighted by molar-refractivity contribution is -0.277. The standard InChI is InChI=1S/C15H16O10/c16-4-8-9(18)10(19)11(20)15(24-8)25-13-6-2-1-5(17)3-7(6)23-14(22)12(13)21/h1-3,8-11,15-21H,4H2/t8-,9-,10+,11+,15-/m1/s1. The van der Waals surface area contributed by atoms with Crippen molar-refractivity contribution in [2.24, 2.45) is 0 Å². The van der Waals surface area contributed by atoms with Gasteiger partial charge in [-0.3, -0.25) is 0 Å². The second kappa shape index (κ2) is 6.50. The molecule has 2 aromatic rings. The Balaban J connectivity index is 2.02. The number of aliphatic hydroxyl groups excluding tert-OH is 4. The second-order valence-electron chi connectivity index (χ2n) is 5.56. The van der Waals surface area contributed by atoms with Crippen LogP contribution in [0.25, 0.3) is 11.0 Å². The van der Waals surface area contributed by atoms with Gasteiger partial charge in [0.15, 0.2) is 5.75 Å². The fourth-order valence-corrected chi connectivity index (χ4v) is 2.55. The lowest BCUT2D eigenvalue weighted by Crippen LogP contribution is -2.60. The number of aromatic hydroxyl groups is 2. The van der Waals surface area contributed by atoms with E-state index in [0.717, 1.165) is 6.07 Å². The highest BCUT2D eigenvalue weighted by atomic mass is 16.7. The minimum absolute atomic E-state index is 0.0897. The zero-order valence-electron chi connectivity index (χ0n) is 12.6. The first-order valence-electron chi connectivity index (χ1n) is 7.29. The van der Waals surface area contributed by atoms with E-state index in [-0.39, 0.29) is 16.7 Å². The van der Waals surface area contributed by atoms with Gasteiger partial charge in [0.05, 0.1) is 12.0 Å². The number of aliphatic hydroxyl groups is 4. The van der Waals surface area contributed by atoms with Crippen molar-refractivity contribution in [1.82, 2.24) is 0 Å². The maximum atomic E-state index is 11.7. The number of hydrogen-bond donors (Lipinski definition) is 6. The van der Waals surface area contributed by atoms with Crippen LogP contribution in [-0.2, 0) is 4.74 Å². The predicted octanol–water partition coefficient (Wildman–Crippen LogP) is -1.62.